The number of hydrogen-bond donors (Lipinski definition) is 2. The lowest BCUT2D eigenvalue weighted by molar-refractivity contribution is -0.132. The van der Waals surface area contributed by atoms with Gasteiger partial charge in [0.2, 0.25) is 11.8 Å². The number of aryl methyl sites for hydroxylation is 1. The Balaban J connectivity index is 1.19. The maximum Gasteiger partial charge on any atom is 0.229 e. The van der Waals surface area contributed by atoms with Crippen LogP contribution in [0.15, 0.2) is 18.7 Å². The van der Waals surface area contributed by atoms with E-state index in [4.69, 9.17) is 0 Å². The highest BCUT2D eigenvalue weighted by atomic mass is 16.2. The number of rotatable bonds is 7. The van der Waals surface area contributed by atoms with Crippen LogP contribution in [-0.2, 0) is 16.1 Å². The molecule has 2 amide bonds. The number of carbonyl (C=O) groups excluding carboxylic acids is 2. The van der Waals surface area contributed by atoms with Gasteiger partial charge in [0.1, 0.15) is 6.42 Å². The summed E-state index contributed by atoms with van der Waals surface area (Å²) >= 11 is 0. The summed E-state index contributed by atoms with van der Waals surface area (Å²) in [6, 6.07) is 0. The first-order chi connectivity index (χ1) is 12.1. The predicted molar refractivity (Wildman–Crippen MR) is 93.5 cm³/mol. The minimum atomic E-state index is -0.173. The molecule has 0 radical (unpaired) electrons. The average Bonchev–Trinajstić information content (AvgIpc) is 3.02. The summed E-state index contributed by atoms with van der Waals surface area (Å²) < 4.78 is 1.98. The second-order valence-corrected chi connectivity index (χ2v) is 8.43. The molecule has 4 saturated carbocycles. The molecule has 2 N–H and O–H groups in total. The number of amides is 2. The van der Waals surface area contributed by atoms with Crippen molar-refractivity contribution >= 4 is 11.8 Å². The minimum absolute atomic E-state index is 0.00641. The van der Waals surface area contributed by atoms with E-state index >= 15 is 0 Å². The van der Waals surface area contributed by atoms with E-state index in [1.54, 1.807) is 12.5 Å². The molecule has 6 heteroatoms. The molecule has 25 heavy (non-hydrogen) atoms. The van der Waals surface area contributed by atoms with E-state index in [2.05, 4.69) is 15.6 Å². The standard InChI is InChI=1S/C19H28N4O2/c24-17(21-2-1-4-23-5-3-20-13-23)9-18(25)22-19-10-14-6-15(11-19)8-16(7-14)12-19/h3,5,13-16H,1-2,4,6-12H2,(H,21,24)(H,22,25). The molecule has 4 fully saturated rings. The maximum atomic E-state index is 12.4. The van der Waals surface area contributed by atoms with Crippen LogP contribution in [0.2, 0.25) is 0 Å². The fraction of sp³-hybridized carbons (Fsp3) is 0.737. The lowest BCUT2D eigenvalue weighted by atomic mass is 9.53. The number of carbonyl (C=O) groups is 2. The second-order valence-electron chi connectivity index (χ2n) is 8.43. The third-order valence-corrected chi connectivity index (χ3v) is 6.24. The van der Waals surface area contributed by atoms with Gasteiger partial charge in [-0.3, -0.25) is 9.59 Å². The number of imidazole rings is 1. The molecule has 0 unspecified atom stereocenters. The van der Waals surface area contributed by atoms with E-state index in [0.717, 1.165) is 50.0 Å². The molecule has 1 heterocycles. The summed E-state index contributed by atoms with van der Waals surface area (Å²) in [7, 11) is 0. The van der Waals surface area contributed by atoms with Crippen molar-refractivity contribution in [3.8, 4) is 0 Å². The lowest BCUT2D eigenvalue weighted by Crippen LogP contribution is -2.60. The van der Waals surface area contributed by atoms with Gasteiger partial charge in [0, 0.05) is 31.0 Å². The zero-order chi connectivity index (χ0) is 17.3. The molecule has 4 bridgehead atoms. The quantitative estimate of drug-likeness (QED) is 0.586. The molecule has 0 saturated heterocycles. The lowest BCUT2D eigenvalue weighted by Gasteiger charge is -2.56. The Morgan fingerprint density at radius 2 is 1.76 bits per heavy atom. The van der Waals surface area contributed by atoms with Crippen molar-refractivity contribution in [3.63, 3.8) is 0 Å². The maximum absolute atomic E-state index is 12.4. The van der Waals surface area contributed by atoms with E-state index in [1.807, 2.05) is 10.8 Å². The van der Waals surface area contributed by atoms with Crippen LogP contribution in [0.1, 0.15) is 51.4 Å². The van der Waals surface area contributed by atoms with Crippen molar-refractivity contribution < 1.29 is 9.59 Å². The Labute approximate surface area is 148 Å². The molecule has 6 nitrogen and oxygen atoms in total. The second kappa shape index (κ2) is 6.81. The summed E-state index contributed by atoms with van der Waals surface area (Å²) in [6.45, 7) is 1.40. The molecule has 136 valence electrons. The third kappa shape index (κ3) is 3.88. The van der Waals surface area contributed by atoms with Crippen LogP contribution < -0.4 is 10.6 Å². The van der Waals surface area contributed by atoms with Crippen molar-refractivity contribution in [3.05, 3.63) is 18.7 Å². The van der Waals surface area contributed by atoms with Gasteiger partial charge in [-0.25, -0.2) is 4.98 Å². The van der Waals surface area contributed by atoms with Crippen molar-refractivity contribution in [1.29, 1.82) is 0 Å². The largest absolute Gasteiger partial charge is 0.356 e. The number of hydrogen-bond acceptors (Lipinski definition) is 3. The Hall–Kier alpha value is -1.85. The van der Waals surface area contributed by atoms with Crippen molar-refractivity contribution in [2.75, 3.05) is 6.54 Å². The van der Waals surface area contributed by atoms with Crippen LogP contribution in [0.5, 0.6) is 0 Å². The van der Waals surface area contributed by atoms with Crippen molar-refractivity contribution in [2.24, 2.45) is 17.8 Å². The first kappa shape index (κ1) is 16.6. The van der Waals surface area contributed by atoms with Crippen LogP contribution in [0.3, 0.4) is 0 Å². The molecule has 4 aliphatic rings. The fourth-order valence-corrected chi connectivity index (χ4v) is 5.72. The zero-order valence-electron chi connectivity index (χ0n) is 14.7. The highest BCUT2D eigenvalue weighted by Gasteiger charge is 2.51. The first-order valence-electron chi connectivity index (χ1n) is 9.64. The van der Waals surface area contributed by atoms with Crippen LogP contribution in [0, 0.1) is 17.8 Å². The van der Waals surface area contributed by atoms with Crippen LogP contribution >= 0.6 is 0 Å². The van der Waals surface area contributed by atoms with Gasteiger partial charge in [-0.2, -0.15) is 0 Å². The summed E-state index contributed by atoms with van der Waals surface area (Å²) in [6.07, 6.45) is 13.6. The SMILES string of the molecule is O=C(CC(=O)NC12CC3CC(CC(C3)C1)C2)NCCCn1ccnc1. The number of nitrogens with one attached hydrogen (secondary N) is 2. The van der Waals surface area contributed by atoms with E-state index < -0.39 is 0 Å². The Morgan fingerprint density at radius 3 is 2.36 bits per heavy atom. The van der Waals surface area contributed by atoms with E-state index in [1.165, 1.54) is 19.3 Å². The molecule has 0 aliphatic heterocycles. The topological polar surface area (TPSA) is 76.0 Å². The summed E-state index contributed by atoms with van der Waals surface area (Å²) in [4.78, 5) is 28.4. The molecular formula is C19H28N4O2. The van der Waals surface area contributed by atoms with Gasteiger partial charge in [-0.05, 0) is 62.7 Å². The monoisotopic (exact) mass is 344 g/mol. The zero-order valence-corrected chi connectivity index (χ0v) is 14.7. The Morgan fingerprint density at radius 1 is 1.08 bits per heavy atom. The molecule has 0 aromatic carbocycles. The predicted octanol–water partition coefficient (Wildman–Crippen LogP) is 1.86. The molecule has 0 spiro atoms. The van der Waals surface area contributed by atoms with E-state index in [0.29, 0.717) is 6.54 Å². The van der Waals surface area contributed by atoms with Gasteiger partial charge >= 0.3 is 0 Å². The Kier molecular flexibility index (Phi) is 4.52. The van der Waals surface area contributed by atoms with Crippen molar-refractivity contribution in [1.82, 2.24) is 20.2 Å². The summed E-state index contributed by atoms with van der Waals surface area (Å²) in [5.41, 5.74) is -0.00641. The van der Waals surface area contributed by atoms with Gasteiger partial charge in [0.05, 0.1) is 6.33 Å². The molecule has 0 atom stereocenters. The highest BCUT2D eigenvalue weighted by molar-refractivity contribution is 5.97. The van der Waals surface area contributed by atoms with E-state index in [-0.39, 0.29) is 23.8 Å². The Bertz CT molecular complexity index is 590. The van der Waals surface area contributed by atoms with Gasteiger partial charge in [0.25, 0.3) is 0 Å². The number of nitrogens with zero attached hydrogens (tertiary/aromatic N) is 2. The molecule has 5 rings (SSSR count). The highest BCUT2D eigenvalue weighted by Crippen LogP contribution is 2.55. The molecule has 4 aliphatic carbocycles. The molecular weight excluding hydrogens is 316 g/mol. The summed E-state index contributed by atoms with van der Waals surface area (Å²) in [5, 5.41) is 6.11. The van der Waals surface area contributed by atoms with Gasteiger partial charge in [0.15, 0.2) is 0 Å². The summed E-state index contributed by atoms with van der Waals surface area (Å²) in [5.74, 6) is 2.11. The third-order valence-electron chi connectivity index (χ3n) is 6.24. The average molecular weight is 344 g/mol. The van der Waals surface area contributed by atoms with Gasteiger partial charge in [-0.15, -0.1) is 0 Å². The number of aromatic nitrogens is 2. The normalized spacial score (nSPS) is 32.6. The minimum Gasteiger partial charge on any atom is -0.356 e. The van der Waals surface area contributed by atoms with Crippen LogP contribution in [0.4, 0.5) is 0 Å². The van der Waals surface area contributed by atoms with Gasteiger partial charge in [-0.1, -0.05) is 0 Å². The molecule has 1 aromatic heterocycles. The smallest absolute Gasteiger partial charge is 0.229 e. The van der Waals surface area contributed by atoms with Crippen molar-refractivity contribution in [2.45, 2.75) is 63.5 Å². The van der Waals surface area contributed by atoms with Crippen LogP contribution in [0.25, 0.3) is 0 Å². The molecule has 1 aromatic rings. The van der Waals surface area contributed by atoms with Gasteiger partial charge < -0.3 is 15.2 Å². The first-order valence-corrected chi connectivity index (χ1v) is 9.64. The van der Waals surface area contributed by atoms with E-state index in [9.17, 15) is 9.59 Å². The van der Waals surface area contributed by atoms with Crippen LogP contribution in [-0.4, -0.2) is 33.4 Å². The fourth-order valence-electron chi connectivity index (χ4n) is 5.72.